The zero-order valence-corrected chi connectivity index (χ0v) is 21.0. The Hall–Kier alpha value is -3.66. The van der Waals surface area contributed by atoms with Gasteiger partial charge in [0.1, 0.15) is 17.7 Å². The maximum Gasteiger partial charge on any atom is 0.410 e. The summed E-state index contributed by atoms with van der Waals surface area (Å²) in [5.74, 6) is -0.648. The Morgan fingerprint density at radius 1 is 1.11 bits per heavy atom. The monoisotopic (exact) mass is 514 g/mol. The van der Waals surface area contributed by atoms with Crippen LogP contribution in [0.3, 0.4) is 0 Å². The van der Waals surface area contributed by atoms with E-state index in [0.29, 0.717) is 10.7 Å². The van der Waals surface area contributed by atoms with Gasteiger partial charge in [-0.2, -0.15) is 0 Å². The fourth-order valence-corrected chi connectivity index (χ4v) is 4.67. The van der Waals surface area contributed by atoms with Crippen LogP contribution in [0.2, 0.25) is 5.02 Å². The van der Waals surface area contributed by atoms with Gasteiger partial charge in [0.05, 0.1) is 11.5 Å². The summed E-state index contributed by atoms with van der Waals surface area (Å²) in [7, 11) is 0. The van der Waals surface area contributed by atoms with E-state index < -0.39 is 22.2 Å². The zero-order chi connectivity index (χ0) is 26.3. The summed E-state index contributed by atoms with van der Waals surface area (Å²) in [5.41, 5.74) is -0.981. The second kappa shape index (κ2) is 9.42. The Balaban J connectivity index is 1.69. The number of carbonyl (C=O) groups is 3. The summed E-state index contributed by atoms with van der Waals surface area (Å²) in [4.78, 5) is 55.2. The van der Waals surface area contributed by atoms with Gasteiger partial charge >= 0.3 is 6.09 Å². The Bertz CT molecular complexity index is 1190. The number of nitrogens with zero attached hydrogens (tertiary/aromatic N) is 4. The number of ether oxygens (including phenoxy) is 1. The average molecular weight is 515 g/mol. The van der Waals surface area contributed by atoms with Gasteiger partial charge in [0.15, 0.2) is 0 Å². The number of amides is 3. The number of hydrogen-bond donors (Lipinski definition) is 0. The van der Waals surface area contributed by atoms with Gasteiger partial charge in [-0.25, -0.2) is 4.79 Å². The first kappa shape index (κ1) is 25.4. The van der Waals surface area contributed by atoms with Gasteiger partial charge < -0.3 is 19.4 Å². The molecule has 4 rings (SSSR count). The number of piperazine rings is 1. The Labute approximate surface area is 213 Å². The van der Waals surface area contributed by atoms with Gasteiger partial charge in [-0.1, -0.05) is 23.7 Å². The molecule has 3 amide bonds. The number of carbonyl (C=O) groups excluding carboxylic acids is 3. The van der Waals surface area contributed by atoms with E-state index in [4.69, 9.17) is 16.3 Å². The van der Waals surface area contributed by atoms with Crippen LogP contribution in [0, 0.1) is 10.1 Å². The van der Waals surface area contributed by atoms with Crippen molar-refractivity contribution in [2.24, 2.45) is 0 Å². The summed E-state index contributed by atoms with van der Waals surface area (Å²) < 4.78 is 5.51. The molecule has 36 heavy (non-hydrogen) atoms. The molecule has 10 nitrogen and oxygen atoms in total. The SMILES string of the molecule is CC(C)(C)OC(=O)N1CCC2(C1)C(=O)N(c1ccc([N+](=O)[O-])cc1)CC(=O)N2Cc1ccc(Cl)cc1. The number of non-ortho nitro benzene ring substituents is 1. The maximum absolute atomic E-state index is 14.0. The van der Waals surface area contributed by atoms with E-state index in [0.717, 1.165) is 5.56 Å². The molecule has 1 atom stereocenters. The van der Waals surface area contributed by atoms with Crippen molar-refractivity contribution in [2.45, 2.75) is 44.9 Å². The normalized spacial score (nSPS) is 20.3. The molecule has 2 aromatic carbocycles. The summed E-state index contributed by atoms with van der Waals surface area (Å²) in [6.45, 7) is 5.43. The molecule has 2 aliphatic heterocycles. The highest BCUT2D eigenvalue weighted by atomic mass is 35.5. The number of nitro benzene ring substituents is 1. The van der Waals surface area contributed by atoms with Gasteiger partial charge in [-0.05, 0) is 57.0 Å². The van der Waals surface area contributed by atoms with Gasteiger partial charge in [-0.3, -0.25) is 19.7 Å². The molecule has 0 aliphatic carbocycles. The summed E-state index contributed by atoms with van der Waals surface area (Å²) >= 11 is 6.01. The van der Waals surface area contributed by atoms with Crippen LogP contribution in [0.15, 0.2) is 48.5 Å². The lowest BCUT2D eigenvalue weighted by Crippen LogP contribution is -2.69. The highest BCUT2D eigenvalue weighted by molar-refractivity contribution is 6.30. The molecule has 2 aromatic rings. The molecule has 11 heteroatoms. The molecule has 1 spiro atoms. The lowest BCUT2D eigenvalue weighted by Gasteiger charge is -2.47. The minimum atomic E-state index is -1.31. The van der Waals surface area contributed by atoms with Crippen molar-refractivity contribution in [3.05, 3.63) is 69.2 Å². The van der Waals surface area contributed by atoms with Crippen LogP contribution in [0.25, 0.3) is 0 Å². The van der Waals surface area contributed by atoms with E-state index in [2.05, 4.69) is 0 Å². The Morgan fingerprint density at radius 3 is 2.33 bits per heavy atom. The largest absolute Gasteiger partial charge is 0.444 e. The van der Waals surface area contributed by atoms with Crippen molar-refractivity contribution in [3.8, 4) is 0 Å². The Morgan fingerprint density at radius 2 is 1.75 bits per heavy atom. The van der Waals surface area contributed by atoms with Gasteiger partial charge in [0.25, 0.3) is 11.6 Å². The number of halogens is 1. The second-order valence-corrected chi connectivity index (χ2v) is 10.4. The third-order valence-corrected chi connectivity index (χ3v) is 6.53. The first-order valence-corrected chi connectivity index (χ1v) is 11.9. The molecule has 0 aromatic heterocycles. The number of likely N-dealkylation sites (tertiary alicyclic amines) is 1. The molecule has 0 N–H and O–H groups in total. The number of nitro groups is 1. The fraction of sp³-hybridized carbons (Fsp3) is 0.400. The molecule has 2 aliphatic rings. The van der Waals surface area contributed by atoms with Crippen molar-refractivity contribution in [1.82, 2.24) is 9.80 Å². The number of hydrogen-bond acceptors (Lipinski definition) is 6. The number of anilines is 1. The van der Waals surface area contributed by atoms with Crippen molar-refractivity contribution >= 4 is 40.9 Å². The van der Waals surface area contributed by atoms with Crippen LogP contribution in [-0.4, -0.2) is 63.4 Å². The van der Waals surface area contributed by atoms with Crippen LogP contribution in [0.4, 0.5) is 16.2 Å². The molecule has 0 bridgehead atoms. The minimum Gasteiger partial charge on any atom is -0.444 e. The van der Waals surface area contributed by atoms with Crippen LogP contribution in [0.1, 0.15) is 32.8 Å². The number of rotatable bonds is 4. The molecule has 2 saturated heterocycles. The average Bonchev–Trinajstić information content (AvgIpc) is 3.26. The molecule has 2 fully saturated rings. The second-order valence-electron chi connectivity index (χ2n) is 9.95. The maximum atomic E-state index is 14.0. The van der Waals surface area contributed by atoms with E-state index in [-0.39, 0.29) is 50.1 Å². The van der Waals surface area contributed by atoms with Gasteiger partial charge in [0.2, 0.25) is 5.91 Å². The predicted octanol–water partition coefficient (Wildman–Crippen LogP) is 4.00. The molecule has 1 unspecified atom stereocenters. The van der Waals surface area contributed by atoms with E-state index in [1.807, 2.05) is 0 Å². The number of benzene rings is 2. The minimum absolute atomic E-state index is 0.0242. The Kier molecular flexibility index (Phi) is 6.66. The van der Waals surface area contributed by atoms with E-state index in [9.17, 15) is 24.5 Å². The van der Waals surface area contributed by atoms with Crippen molar-refractivity contribution in [1.29, 1.82) is 0 Å². The highest BCUT2D eigenvalue weighted by Crippen LogP contribution is 2.37. The van der Waals surface area contributed by atoms with Crippen LogP contribution >= 0.6 is 11.6 Å². The summed E-state index contributed by atoms with van der Waals surface area (Å²) in [5, 5.41) is 11.6. The van der Waals surface area contributed by atoms with Crippen molar-refractivity contribution < 1.29 is 24.0 Å². The first-order chi connectivity index (χ1) is 16.9. The molecule has 0 radical (unpaired) electrons. The standard InChI is InChI=1S/C25H27ClN4O6/c1-24(2,3)36-23(33)27-13-12-25(16-27)22(32)28(19-8-10-20(11-9-19)30(34)35)15-21(31)29(25)14-17-4-6-18(26)7-5-17/h4-11H,12-16H2,1-3H3. The van der Waals surface area contributed by atoms with Crippen molar-refractivity contribution in [3.63, 3.8) is 0 Å². The van der Waals surface area contributed by atoms with Crippen LogP contribution in [0.5, 0.6) is 0 Å². The molecule has 0 saturated carbocycles. The first-order valence-electron chi connectivity index (χ1n) is 11.5. The van der Waals surface area contributed by atoms with E-state index in [1.165, 1.54) is 39.0 Å². The third-order valence-electron chi connectivity index (χ3n) is 6.28. The molecular weight excluding hydrogens is 488 g/mol. The van der Waals surface area contributed by atoms with Crippen LogP contribution < -0.4 is 4.90 Å². The topological polar surface area (TPSA) is 113 Å². The van der Waals surface area contributed by atoms with Gasteiger partial charge in [0, 0.05) is 35.9 Å². The predicted molar refractivity (Wildman–Crippen MR) is 133 cm³/mol. The third kappa shape index (κ3) is 4.99. The van der Waals surface area contributed by atoms with E-state index in [1.54, 1.807) is 45.0 Å². The summed E-state index contributed by atoms with van der Waals surface area (Å²) in [6, 6.07) is 12.5. The zero-order valence-electron chi connectivity index (χ0n) is 20.3. The van der Waals surface area contributed by atoms with Crippen molar-refractivity contribution in [2.75, 3.05) is 24.5 Å². The van der Waals surface area contributed by atoms with Gasteiger partial charge in [-0.15, -0.1) is 0 Å². The quantitative estimate of drug-likeness (QED) is 0.450. The summed E-state index contributed by atoms with van der Waals surface area (Å²) in [6.07, 6.45) is -0.327. The molecule has 2 heterocycles. The molecular formula is C25H27ClN4O6. The smallest absolute Gasteiger partial charge is 0.410 e. The molecule has 190 valence electrons. The lowest BCUT2D eigenvalue weighted by atomic mass is 9.90. The lowest BCUT2D eigenvalue weighted by molar-refractivity contribution is -0.384. The van der Waals surface area contributed by atoms with Crippen LogP contribution in [-0.2, 0) is 20.9 Å². The van der Waals surface area contributed by atoms with E-state index >= 15 is 0 Å². The fourth-order valence-electron chi connectivity index (χ4n) is 4.54. The highest BCUT2D eigenvalue weighted by Gasteiger charge is 2.57.